The molecular formula is C10H14ClNO. The summed E-state index contributed by atoms with van der Waals surface area (Å²) < 4.78 is 0. The first-order valence-electron chi connectivity index (χ1n) is 4.36. The molecule has 0 aromatic heterocycles. The molecule has 0 radical (unpaired) electrons. The molecule has 0 unspecified atom stereocenters. The second kappa shape index (κ2) is 5.22. The number of aliphatic hydroxyl groups is 1. The minimum absolute atomic E-state index is 0.223. The van der Waals surface area contributed by atoms with Crippen molar-refractivity contribution in [2.45, 2.75) is 19.4 Å². The van der Waals surface area contributed by atoms with Crippen molar-refractivity contribution in [3.8, 4) is 0 Å². The van der Waals surface area contributed by atoms with Crippen LogP contribution in [-0.2, 0) is 13.0 Å². The minimum Gasteiger partial charge on any atom is -0.396 e. The Hall–Kier alpha value is -0.570. The highest BCUT2D eigenvalue weighted by Crippen LogP contribution is 2.17. The van der Waals surface area contributed by atoms with Gasteiger partial charge in [0.15, 0.2) is 0 Å². The van der Waals surface area contributed by atoms with Crippen LogP contribution in [0.5, 0.6) is 0 Å². The van der Waals surface area contributed by atoms with Gasteiger partial charge in [0.25, 0.3) is 0 Å². The first-order chi connectivity index (χ1) is 6.27. The van der Waals surface area contributed by atoms with E-state index in [9.17, 15) is 0 Å². The van der Waals surface area contributed by atoms with E-state index in [4.69, 9.17) is 22.4 Å². The van der Waals surface area contributed by atoms with Gasteiger partial charge in [-0.25, -0.2) is 0 Å². The fourth-order valence-corrected chi connectivity index (χ4v) is 1.42. The number of halogens is 1. The fraction of sp³-hybridized carbons (Fsp3) is 0.400. The lowest BCUT2D eigenvalue weighted by Crippen LogP contribution is -1.99. The maximum atomic E-state index is 8.66. The Bertz CT molecular complexity index is 276. The highest BCUT2D eigenvalue weighted by molar-refractivity contribution is 6.31. The van der Waals surface area contributed by atoms with Gasteiger partial charge < -0.3 is 10.8 Å². The highest BCUT2D eigenvalue weighted by Gasteiger charge is 1.99. The Labute approximate surface area is 83.3 Å². The smallest absolute Gasteiger partial charge is 0.0451 e. The third-order valence-corrected chi connectivity index (χ3v) is 2.32. The van der Waals surface area contributed by atoms with E-state index in [1.807, 2.05) is 18.2 Å². The summed E-state index contributed by atoms with van der Waals surface area (Å²) in [6.07, 6.45) is 1.66. The number of aliphatic hydroxyl groups excluding tert-OH is 1. The summed E-state index contributed by atoms with van der Waals surface area (Å²) in [6, 6.07) is 5.83. The van der Waals surface area contributed by atoms with Crippen LogP contribution in [0.25, 0.3) is 0 Å². The summed E-state index contributed by atoms with van der Waals surface area (Å²) in [5.41, 5.74) is 7.66. The molecule has 0 fully saturated rings. The van der Waals surface area contributed by atoms with Gasteiger partial charge in [0.2, 0.25) is 0 Å². The van der Waals surface area contributed by atoms with Gasteiger partial charge in [-0.2, -0.15) is 0 Å². The van der Waals surface area contributed by atoms with Crippen molar-refractivity contribution in [3.63, 3.8) is 0 Å². The predicted molar refractivity (Wildman–Crippen MR) is 54.8 cm³/mol. The molecule has 1 aromatic rings. The van der Waals surface area contributed by atoms with E-state index in [-0.39, 0.29) is 6.61 Å². The number of aryl methyl sites for hydroxylation is 1. The summed E-state index contributed by atoms with van der Waals surface area (Å²) in [4.78, 5) is 0. The maximum Gasteiger partial charge on any atom is 0.0451 e. The van der Waals surface area contributed by atoms with Crippen LogP contribution in [0.1, 0.15) is 17.5 Å². The molecule has 0 spiro atoms. The summed E-state index contributed by atoms with van der Waals surface area (Å²) in [6.45, 7) is 0.687. The van der Waals surface area contributed by atoms with Gasteiger partial charge in [-0.15, -0.1) is 0 Å². The van der Waals surface area contributed by atoms with E-state index >= 15 is 0 Å². The van der Waals surface area contributed by atoms with Crippen LogP contribution < -0.4 is 5.73 Å². The van der Waals surface area contributed by atoms with Crippen LogP contribution in [0.4, 0.5) is 0 Å². The molecule has 0 aliphatic heterocycles. The third-order valence-electron chi connectivity index (χ3n) is 1.95. The molecule has 0 saturated carbocycles. The molecule has 0 aliphatic carbocycles. The number of hydrogen-bond donors (Lipinski definition) is 2. The molecule has 0 atom stereocenters. The highest BCUT2D eigenvalue weighted by atomic mass is 35.5. The van der Waals surface area contributed by atoms with Crippen LogP contribution >= 0.6 is 11.6 Å². The molecule has 2 nitrogen and oxygen atoms in total. The van der Waals surface area contributed by atoms with Crippen LogP contribution in [0.2, 0.25) is 5.02 Å². The Kier molecular flexibility index (Phi) is 4.22. The zero-order chi connectivity index (χ0) is 9.68. The van der Waals surface area contributed by atoms with Gasteiger partial charge in [-0.3, -0.25) is 0 Å². The molecule has 0 heterocycles. The number of hydrogen-bond acceptors (Lipinski definition) is 2. The summed E-state index contributed by atoms with van der Waals surface area (Å²) in [5, 5.41) is 9.38. The number of nitrogens with two attached hydrogens (primary N) is 1. The van der Waals surface area contributed by atoms with Gasteiger partial charge in [0.1, 0.15) is 0 Å². The third kappa shape index (κ3) is 2.99. The Balaban J connectivity index is 2.74. The standard InChI is InChI=1S/C10H14ClNO/c11-10-4-3-8(2-1-5-13)6-9(10)7-12/h3-4,6,13H,1-2,5,7,12H2. The molecule has 72 valence electrons. The molecule has 0 saturated heterocycles. The van der Waals surface area contributed by atoms with Crippen molar-refractivity contribution >= 4 is 11.6 Å². The van der Waals surface area contributed by atoms with Crippen molar-refractivity contribution < 1.29 is 5.11 Å². The van der Waals surface area contributed by atoms with E-state index in [1.165, 1.54) is 5.56 Å². The van der Waals surface area contributed by atoms with E-state index in [2.05, 4.69) is 0 Å². The fourth-order valence-electron chi connectivity index (χ4n) is 1.22. The second-order valence-electron chi connectivity index (χ2n) is 2.96. The van der Waals surface area contributed by atoms with Gasteiger partial charge >= 0.3 is 0 Å². The average molecular weight is 200 g/mol. The molecule has 3 N–H and O–H groups in total. The molecule has 0 amide bonds. The largest absolute Gasteiger partial charge is 0.396 e. The van der Waals surface area contributed by atoms with Crippen molar-refractivity contribution in [3.05, 3.63) is 34.3 Å². The lowest BCUT2D eigenvalue weighted by Gasteiger charge is -2.04. The molecule has 3 heteroatoms. The van der Waals surface area contributed by atoms with E-state index in [0.717, 1.165) is 23.4 Å². The van der Waals surface area contributed by atoms with Crippen molar-refractivity contribution in [2.75, 3.05) is 6.61 Å². The second-order valence-corrected chi connectivity index (χ2v) is 3.36. The quantitative estimate of drug-likeness (QED) is 0.776. The minimum atomic E-state index is 0.223. The number of benzene rings is 1. The predicted octanol–water partition coefficient (Wildman–Crippen LogP) is 1.72. The summed E-state index contributed by atoms with van der Waals surface area (Å²) in [5.74, 6) is 0. The Morgan fingerprint density at radius 1 is 1.38 bits per heavy atom. The van der Waals surface area contributed by atoms with Crippen LogP contribution in [0.3, 0.4) is 0 Å². The summed E-state index contributed by atoms with van der Waals surface area (Å²) in [7, 11) is 0. The van der Waals surface area contributed by atoms with E-state index < -0.39 is 0 Å². The zero-order valence-corrected chi connectivity index (χ0v) is 8.22. The topological polar surface area (TPSA) is 46.2 Å². The van der Waals surface area contributed by atoms with Crippen LogP contribution in [-0.4, -0.2) is 11.7 Å². The molecule has 1 aromatic carbocycles. The van der Waals surface area contributed by atoms with E-state index in [0.29, 0.717) is 6.54 Å². The van der Waals surface area contributed by atoms with Crippen molar-refractivity contribution in [2.24, 2.45) is 5.73 Å². The normalized spacial score (nSPS) is 10.4. The average Bonchev–Trinajstić information content (AvgIpc) is 2.16. The van der Waals surface area contributed by atoms with Gasteiger partial charge in [-0.05, 0) is 30.0 Å². The SMILES string of the molecule is NCc1cc(CCCO)ccc1Cl. The van der Waals surface area contributed by atoms with Crippen LogP contribution in [0, 0.1) is 0 Å². The Morgan fingerprint density at radius 3 is 2.77 bits per heavy atom. The van der Waals surface area contributed by atoms with Crippen LogP contribution in [0.15, 0.2) is 18.2 Å². The van der Waals surface area contributed by atoms with E-state index in [1.54, 1.807) is 0 Å². The number of rotatable bonds is 4. The molecule has 1 rings (SSSR count). The summed E-state index contributed by atoms with van der Waals surface area (Å²) >= 11 is 5.90. The first kappa shape index (κ1) is 10.5. The van der Waals surface area contributed by atoms with Gasteiger partial charge in [0, 0.05) is 18.2 Å². The molecule has 0 bridgehead atoms. The molecular weight excluding hydrogens is 186 g/mol. The van der Waals surface area contributed by atoms with Gasteiger partial charge in [0.05, 0.1) is 0 Å². The zero-order valence-electron chi connectivity index (χ0n) is 7.46. The lowest BCUT2D eigenvalue weighted by molar-refractivity contribution is 0.288. The monoisotopic (exact) mass is 199 g/mol. The Morgan fingerprint density at radius 2 is 2.15 bits per heavy atom. The van der Waals surface area contributed by atoms with Gasteiger partial charge in [-0.1, -0.05) is 23.7 Å². The van der Waals surface area contributed by atoms with Crippen molar-refractivity contribution in [1.82, 2.24) is 0 Å². The maximum absolute atomic E-state index is 8.66. The molecule has 13 heavy (non-hydrogen) atoms. The lowest BCUT2D eigenvalue weighted by atomic mass is 10.1. The van der Waals surface area contributed by atoms with Crippen molar-refractivity contribution in [1.29, 1.82) is 0 Å². The molecule has 0 aliphatic rings. The first-order valence-corrected chi connectivity index (χ1v) is 4.74.